The van der Waals surface area contributed by atoms with Crippen molar-refractivity contribution in [2.75, 3.05) is 16.9 Å². The van der Waals surface area contributed by atoms with E-state index < -0.39 is 17.8 Å². The third-order valence-electron chi connectivity index (χ3n) is 6.67. The maximum Gasteiger partial charge on any atom is 0.281 e. The van der Waals surface area contributed by atoms with E-state index in [-0.39, 0.29) is 22.1 Å². The third-order valence-corrected chi connectivity index (χ3v) is 7.27. The van der Waals surface area contributed by atoms with Crippen LogP contribution in [-0.4, -0.2) is 36.5 Å². The first-order chi connectivity index (χ1) is 20.0. The number of carbonyl (C=O) groups excluding carboxylic acids is 1. The Bertz CT molecular complexity index is 1890. The van der Waals surface area contributed by atoms with E-state index in [0.717, 1.165) is 23.1 Å². The van der Waals surface area contributed by atoms with Crippen molar-refractivity contribution in [3.8, 4) is 11.4 Å². The van der Waals surface area contributed by atoms with Crippen molar-refractivity contribution < 1.29 is 9.18 Å². The van der Waals surface area contributed by atoms with Gasteiger partial charge >= 0.3 is 0 Å². The van der Waals surface area contributed by atoms with Crippen LogP contribution in [0.3, 0.4) is 0 Å². The van der Waals surface area contributed by atoms with E-state index in [4.69, 9.17) is 16.6 Å². The molecule has 3 aromatic heterocycles. The molecule has 0 radical (unpaired) electrons. The molecule has 0 bridgehead atoms. The molecule has 2 aromatic carbocycles. The number of nitrogens with one attached hydrogen (secondary N) is 3. The van der Waals surface area contributed by atoms with Gasteiger partial charge in [0.15, 0.2) is 5.69 Å². The summed E-state index contributed by atoms with van der Waals surface area (Å²) in [5, 5.41) is 11.0. The van der Waals surface area contributed by atoms with Crippen LogP contribution in [0.5, 0.6) is 0 Å². The smallest absolute Gasteiger partial charge is 0.281 e. The summed E-state index contributed by atoms with van der Waals surface area (Å²) in [4.78, 5) is 35.3. The Hall–Kier alpha value is -4.42. The molecule has 5 rings (SSSR count). The number of anilines is 3. The first-order valence-corrected chi connectivity index (χ1v) is 14.5. The van der Waals surface area contributed by atoms with E-state index >= 15 is 4.39 Å². The second kappa shape index (κ2) is 11.8. The highest BCUT2D eigenvalue weighted by Crippen LogP contribution is 2.31. The number of benzene rings is 2. The van der Waals surface area contributed by atoms with Crippen LogP contribution in [0.1, 0.15) is 34.6 Å². The monoisotopic (exact) mass is 606 g/mol. The number of aryl methyl sites for hydroxylation is 2. The maximum absolute atomic E-state index is 15.2. The normalized spacial score (nSPS) is 11.9. The molecule has 1 atom stereocenters. The molecule has 42 heavy (non-hydrogen) atoms. The Balaban J connectivity index is 1.56. The van der Waals surface area contributed by atoms with Crippen LogP contribution in [0, 0.1) is 12.7 Å². The fourth-order valence-electron chi connectivity index (χ4n) is 4.71. The summed E-state index contributed by atoms with van der Waals surface area (Å²) in [7, 11) is 3.39. The summed E-state index contributed by atoms with van der Waals surface area (Å²) < 4.78 is 20.9. The van der Waals surface area contributed by atoms with Gasteiger partial charge in [0.1, 0.15) is 16.8 Å². The van der Waals surface area contributed by atoms with Gasteiger partial charge in [-0.25, -0.2) is 14.4 Å². The SMILES string of the molecule is CSNC(=O)c1nc(Cl)ccc1N[C@H](C)c1cc(C)cc2c(=O)n(C)c(-c3ccc(Nc4cnn(C)c4)c(F)c3)nc12. The van der Waals surface area contributed by atoms with Crippen molar-refractivity contribution in [2.45, 2.75) is 19.9 Å². The molecule has 0 spiro atoms. The van der Waals surface area contributed by atoms with Crippen molar-refractivity contribution >= 4 is 57.4 Å². The summed E-state index contributed by atoms with van der Waals surface area (Å²) in [5.41, 5.74) is 3.76. The molecular formula is C29H28ClFN8O2S. The minimum atomic E-state index is -0.504. The molecule has 0 fully saturated rings. The van der Waals surface area contributed by atoms with E-state index in [0.29, 0.717) is 33.7 Å². The van der Waals surface area contributed by atoms with Gasteiger partial charge in [-0.3, -0.25) is 23.6 Å². The molecule has 3 N–H and O–H groups in total. The van der Waals surface area contributed by atoms with Crippen molar-refractivity contribution in [1.29, 1.82) is 0 Å². The Morgan fingerprint density at radius 1 is 1.10 bits per heavy atom. The molecule has 0 aliphatic heterocycles. The highest BCUT2D eigenvalue weighted by atomic mass is 35.5. The Morgan fingerprint density at radius 2 is 1.86 bits per heavy atom. The second-order valence-corrected chi connectivity index (χ2v) is 10.8. The average molecular weight is 607 g/mol. The van der Waals surface area contributed by atoms with Crippen LogP contribution >= 0.6 is 23.5 Å². The molecule has 0 saturated carbocycles. The highest BCUT2D eigenvalue weighted by molar-refractivity contribution is 7.97. The van der Waals surface area contributed by atoms with E-state index in [1.807, 2.05) is 19.9 Å². The number of aromatic nitrogens is 5. The number of pyridine rings is 1. The molecule has 10 nitrogen and oxygen atoms in total. The fraction of sp³-hybridized carbons (Fsp3) is 0.207. The number of fused-ring (bicyclic) bond motifs is 1. The quantitative estimate of drug-likeness (QED) is 0.151. The number of halogens is 2. The minimum Gasteiger partial charge on any atom is -0.377 e. The molecule has 0 aliphatic carbocycles. The summed E-state index contributed by atoms with van der Waals surface area (Å²) >= 11 is 7.23. The van der Waals surface area contributed by atoms with Crippen LogP contribution in [0.2, 0.25) is 5.15 Å². The van der Waals surface area contributed by atoms with Gasteiger partial charge in [0.2, 0.25) is 0 Å². The van der Waals surface area contributed by atoms with E-state index in [1.165, 1.54) is 10.6 Å². The minimum absolute atomic E-state index is 0.140. The van der Waals surface area contributed by atoms with E-state index in [1.54, 1.807) is 67.8 Å². The summed E-state index contributed by atoms with van der Waals surface area (Å²) in [6, 6.07) is 11.2. The lowest BCUT2D eigenvalue weighted by Crippen LogP contribution is -2.22. The molecule has 3 heterocycles. The third kappa shape index (κ3) is 5.81. The van der Waals surface area contributed by atoms with Crippen LogP contribution in [0.25, 0.3) is 22.3 Å². The molecule has 13 heteroatoms. The molecule has 0 unspecified atom stereocenters. The molecule has 0 aliphatic rings. The van der Waals surface area contributed by atoms with Gasteiger partial charge < -0.3 is 10.6 Å². The van der Waals surface area contributed by atoms with Crippen molar-refractivity contribution in [1.82, 2.24) is 29.0 Å². The first-order valence-electron chi connectivity index (χ1n) is 12.9. The Kier molecular flexibility index (Phi) is 8.19. The lowest BCUT2D eigenvalue weighted by atomic mass is 10.0. The number of hydrogen-bond donors (Lipinski definition) is 3. The van der Waals surface area contributed by atoms with Crippen LogP contribution in [0.4, 0.5) is 21.5 Å². The van der Waals surface area contributed by atoms with Crippen molar-refractivity contribution in [3.63, 3.8) is 0 Å². The molecular weight excluding hydrogens is 579 g/mol. The molecule has 216 valence electrons. The maximum atomic E-state index is 15.2. The van der Waals surface area contributed by atoms with E-state index in [9.17, 15) is 9.59 Å². The van der Waals surface area contributed by atoms with Crippen molar-refractivity contribution in [2.24, 2.45) is 14.1 Å². The van der Waals surface area contributed by atoms with Gasteiger partial charge in [0, 0.05) is 37.7 Å². The van der Waals surface area contributed by atoms with Gasteiger partial charge in [-0.15, -0.1) is 0 Å². The predicted octanol–water partition coefficient (Wildman–Crippen LogP) is 5.75. The number of carbonyl (C=O) groups is 1. The summed E-state index contributed by atoms with van der Waals surface area (Å²) in [6.07, 6.45) is 5.06. The van der Waals surface area contributed by atoms with Crippen LogP contribution in [0.15, 0.2) is 59.7 Å². The molecule has 0 saturated heterocycles. The number of hydrogen-bond acceptors (Lipinski definition) is 8. The van der Waals surface area contributed by atoms with Gasteiger partial charge in [0.05, 0.1) is 40.2 Å². The number of rotatable bonds is 8. The van der Waals surface area contributed by atoms with E-state index in [2.05, 4.69) is 25.4 Å². The van der Waals surface area contributed by atoms with Crippen LogP contribution in [-0.2, 0) is 14.1 Å². The predicted molar refractivity (Wildman–Crippen MR) is 166 cm³/mol. The van der Waals surface area contributed by atoms with Crippen molar-refractivity contribution in [3.05, 3.63) is 93.0 Å². The lowest BCUT2D eigenvalue weighted by molar-refractivity contribution is 0.0980. The largest absolute Gasteiger partial charge is 0.377 e. The number of nitrogens with zero attached hydrogens (tertiary/aromatic N) is 5. The zero-order valence-corrected chi connectivity index (χ0v) is 25.1. The summed E-state index contributed by atoms with van der Waals surface area (Å²) in [6.45, 7) is 3.80. The zero-order valence-electron chi connectivity index (χ0n) is 23.5. The first kappa shape index (κ1) is 29.1. The molecule has 1 amide bonds. The molecule has 5 aromatic rings. The Morgan fingerprint density at radius 3 is 2.55 bits per heavy atom. The van der Waals surface area contributed by atoms with Gasteiger partial charge in [-0.2, -0.15) is 5.10 Å². The van der Waals surface area contributed by atoms with Crippen LogP contribution < -0.4 is 20.9 Å². The lowest BCUT2D eigenvalue weighted by Gasteiger charge is -2.20. The fourth-order valence-corrected chi connectivity index (χ4v) is 5.14. The Labute approximate surface area is 250 Å². The van der Waals surface area contributed by atoms with Gasteiger partial charge in [0.25, 0.3) is 11.5 Å². The second-order valence-electron chi connectivity index (χ2n) is 9.80. The number of amides is 1. The van der Waals surface area contributed by atoms with Gasteiger partial charge in [-0.05, 0) is 55.8 Å². The standard InChI is InChI=1S/C29H28ClFN8O2S/c1-15-10-19(16(2)33-23-8-9-24(30)35-26(23)28(40)37-42-5)25-20(11-15)29(41)39(4)27(36-25)17-6-7-22(21(31)12-17)34-18-13-32-38(3)14-18/h6-14,16,33-34H,1-5H3,(H,37,40)/t16-/m1/s1. The average Bonchev–Trinajstić information content (AvgIpc) is 3.37. The highest BCUT2D eigenvalue weighted by Gasteiger charge is 2.21. The van der Waals surface area contributed by atoms with Gasteiger partial charge in [-0.1, -0.05) is 29.6 Å². The zero-order chi connectivity index (χ0) is 30.1. The summed E-state index contributed by atoms with van der Waals surface area (Å²) in [5.74, 6) is -0.590. The topological polar surface area (TPSA) is 119 Å².